The van der Waals surface area contributed by atoms with Crippen LogP contribution in [0, 0.1) is 0 Å². The minimum Gasteiger partial charge on any atom is -0.492 e. The third kappa shape index (κ3) is 4.07. The first kappa shape index (κ1) is 18.2. The highest BCUT2D eigenvalue weighted by Gasteiger charge is 2.25. The first-order valence-corrected chi connectivity index (χ1v) is 9.79. The summed E-state index contributed by atoms with van der Waals surface area (Å²) in [6, 6.07) is 13.2. The van der Waals surface area contributed by atoms with E-state index in [9.17, 15) is 9.59 Å². The van der Waals surface area contributed by atoms with Crippen molar-refractivity contribution in [3.8, 4) is 5.75 Å². The predicted octanol–water partition coefficient (Wildman–Crippen LogP) is 4.37. The van der Waals surface area contributed by atoms with Gasteiger partial charge in [-0.3, -0.25) is 9.59 Å². The number of halogens is 1. The summed E-state index contributed by atoms with van der Waals surface area (Å²) in [4.78, 5) is 26.9. The zero-order valence-electron chi connectivity index (χ0n) is 15.1. The Morgan fingerprint density at radius 3 is 2.96 bits per heavy atom. The molecular formula is C22H22ClNO3. The second-order valence-corrected chi connectivity index (χ2v) is 7.68. The topological polar surface area (TPSA) is 46.6 Å². The van der Waals surface area contributed by atoms with Crippen LogP contribution in [0.15, 0.2) is 42.5 Å². The van der Waals surface area contributed by atoms with E-state index >= 15 is 0 Å². The molecule has 2 aromatic carbocycles. The van der Waals surface area contributed by atoms with E-state index in [1.54, 1.807) is 18.2 Å². The van der Waals surface area contributed by atoms with E-state index in [4.69, 9.17) is 16.3 Å². The number of likely N-dealkylation sites (tertiary alicyclic amines) is 1. The third-order valence-electron chi connectivity index (χ3n) is 5.44. The van der Waals surface area contributed by atoms with Crippen LogP contribution in [0.25, 0.3) is 0 Å². The zero-order chi connectivity index (χ0) is 18.8. The molecule has 5 heteroatoms. The average Bonchev–Trinajstić information content (AvgIpc) is 3.15. The maximum Gasteiger partial charge on any atom is 0.170 e. The average molecular weight is 384 g/mol. The van der Waals surface area contributed by atoms with E-state index in [1.165, 1.54) is 5.56 Å². The van der Waals surface area contributed by atoms with Crippen LogP contribution in [0.5, 0.6) is 5.75 Å². The lowest BCUT2D eigenvalue weighted by molar-refractivity contribution is 0.0933. The van der Waals surface area contributed by atoms with Crippen molar-refractivity contribution < 1.29 is 14.3 Å². The van der Waals surface area contributed by atoms with Gasteiger partial charge in [-0.05, 0) is 54.8 Å². The van der Waals surface area contributed by atoms with E-state index in [2.05, 4.69) is 11.0 Å². The van der Waals surface area contributed by atoms with Crippen LogP contribution in [-0.4, -0.2) is 42.7 Å². The third-order valence-corrected chi connectivity index (χ3v) is 5.67. The smallest absolute Gasteiger partial charge is 0.170 e. The van der Waals surface area contributed by atoms with Crippen molar-refractivity contribution in [3.05, 3.63) is 64.2 Å². The highest BCUT2D eigenvalue weighted by Crippen LogP contribution is 2.29. The van der Waals surface area contributed by atoms with Crippen LogP contribution in [0.2, 0.25) is 5.02 Å². The van der Waals surface area contributed by atoms with Gasteiger partial charge >= 0.3 is 0 Å². The minimum absolute atomic E-state index is 0.0507. The Hall–Kier alpha value is -2.17. The molecule has 1 atom stereocenters. The molecule has 140 valence electrons. The summed E-state index contributed by atoms with van der Waals surface area (Å²) < 4.78 is 5.48. The molecular weight excluding hydrogens is 362 g/mol. The normalized spacial score (nSPS) is 19.6. The fraction of sp³-hybridized carbons (Fsp3) is 0.364. The van der Waals surface area contributed by atoms with Gasteiger partial charge in [0.2, 0.25) is 0 Å². The highest BCUT2D eigenvalue weighted by molar-refractivity contribution is 6.30. The van der Waals surface area contributed by atoms with E-state index in [0.717, 1.165) is 31.1 Å². The van der Waals surface area contributed by atoms with Crippen molar-refractivity contribution in [2.75, 3.05) is 26.2 Å². The van der Waals surface area contributed by atoms with Crippen LogP contribution in [0.1, 0.15) is 51.5 Å². The van der Waals surface area contributed by atoms with Gasteiger partial charge < -0.3 is 9.64 Å². The second kappa shape index (κ2) is 7.83. The molecule has 2 aliphatic heterocycles. The van der Waals surface area contributed by atoms with Gasteiger partial charge in [-0.15, -0.1) is 0 Å². The second-order valence-electron chi connectivity index (χ2n) is 7.25. The standard InChI is InChI=1S/C22H22ClNO3/c23-18-3-1-2-15(12-18)17-6-9-24(14-17)10-7-20(25)16-4-5-22-19(13-16)21(26)8-11-27-22/h1-5,12-13,17H,6-11,14H2. The largest absolute Gasteiger partial charge is 0.492 e. The van der Waals surface area contributed by atoms with E-state index < -0.39 is 0 Å². The molecule has 4 nitrogen and oxygen atoms in total. The van der Waals surface area contributed by atoms with Gasteiger partial charge in [0.25, 0.3) is 0 Å². The molecule has 0 radical (unpaired) electrons. The van der Waals surface area contributed by atoms with Gasteiger partial charge in [-0.1, -0.05) is 23.7 Å². The Morgan fingerprint density at radius 2 is 2.11 bits per heavy atom. The van der Waals surface area contributed by atoms with Crippen LogP contribution >= 0.6 is 11.6 Å². The van der Waals surface area contributed by atoms with Crippen molar-refractivity contribution in [2.24, 2.45) is 0 Å². The van der Waals surface area contributed by atoms with Crippen LogP contribution in [0.3, 0.4) is 0 Å². The van der Waals surface area contributed by atoms with Gasteiger partial charge in [0.05, 0.1) is 12.2 Å². The molecule has 0 N–H and O–H groups in total. The number of benzene rings is 2. The summed E-state index contributed by atoms with van der Waals surface area (Å²) in [6.45, 7) is 3.09. The molecule has 2 aliphatic rings. The Kier molecular flexibility index (Phi) is 5.28. The molecule has 0 bridgehead atoms. The van der Waals surface area contributed by atoms with Crippen LogP contribution in [0.4, 0.5) is 0 Å². The Balaban J connectivity index is 1.35. The maximum absolute atomic E-state index is 12.6. The summed E-state index contributed by atoms with van der Waals surface area (Å²) in [5, 5.41) is 0.770. The zero-order valence-corrected chi connectivity index (χ0v) is 15.9. The van der Waals surface area contributed by atoms with Gasteiger partial charge in [-0.25, -0.2) is 0 Å². The molecule has 0 saturated carbocycles. The van der Waals surface area contributed by atoms with Crippen molar-refractivity contribution >= 4 is 23.2 Å². The molecule has 0 amide bonds. The number of carbonyl (C=O) groups is 2. The summed E-state index contributed by atoms with van der Waals surface area (Å²) >= 11 is 6.10. The van der Waals surface area contributed by atoms with E-state index in [0.29, 0.717) is 42.2 Å². The Labute approximate surface area is 164 Å². The number of hydrogen-bond acceptors (Lipinski definition) is 4. The molecule has 1 unspecified atom stereocenters. The van der Waals surface area contributed by atoms with Crippen LogP contribution in [-0.2, 0) is 0 Å². The molecule has 2 aromatic rings. The van der Waals surface area contributed by atoms with Gasteiger partial charge in [-0.2, -0.15) is 0 Å². The number of rotatable bonds is 5. The first-order valence-electron chi connectivity index (χ1n) is 9.41. The summed E-state index contributed by atoms with van der Waals surface area (Å²) in [5.74, 6) is 1.18. The van der Waals surface area contributed by atoms with Crippen LogP contribution < -0.4 is 4.74 Å². The SMILES string of the molecule is O=C(CCN1CCC(c2cccc(Cl)c2)C1)c1ccc2c(c1)C(=O)CCO2. The number of ketones is 2. The summed E-state index contributed by atoms with van der Waals surface area (Å²) in [5.41, 5.74) is 2.40. The molecule has 1 saturated heterocycles. The molecule has 4 rings (SSSR count). The Bertz CT molecular complexity index is 880. The lowest BCUT2D eigenvalue weighted by Gasteiger charge is -2.18. The Morgan fingerprint density at radius 1 is 1.22 bits per heavy atom. The molecule has 0 aliphatic carbocycles. The molecule has 1 fully saturated rings. The lowest BCUT2D eigenvalue weighted by atomic mass is 9.98. The van der Waals surface area contributed by atoms with Gasteiger partial charge in [0, 0.05) is 36.5 Å². The molecule has 27 heavy (non-hydrogen) atoms. The lowest BCUT2D eigenvalue weighted by Crippen LogP contribution is -2.24. The first-order chi connectivity index (χ1) is 13.1. The van der Waals surface area contributed by atoms with Gasteiger partial charge in [0.15, 0.2) is 11.6 Å². The predicted molar refractivity (Wildman–Crippen MR) is 105 cm³/mol. The molecule has 0 aromatic heterocycles. The maximum atomic E-state index is 12.6. The van der Waals surface area contributed by atoms with Crippen molar-refractivity contribution in [3.63, 3.8) is 0 Å². The van der Waals surface area contributed by atoms with E-state index in [1.807, 2.05) is 18.2 Å². The monoisotopic (exact) mass is 383 g/mol. The number of Topliss-reactive ketones (excluding diaryl/α,β-unsaturated/α-hetero) is 2. The molecule has 2 heterocycles. The van der Waals surface area contributed by atoms with Crippen molar-refractivity contribution in [1.29, 1.82) is 0 Å². The number of nitrogens with zero attached hydrogens (tertiary/aromatic N) is 1. The van der Waals surface area contributed by atoms with Crippen molar-refractivity contribution in [1.82, 2.24) is 4.90 Å². The number of ether oxygens (including phenoxy) is 1. The van der Waals surface area contributed by atoms with E-state index in [-0.39, 0.29) is 11.6 Å². The molecule has 0 spiro atoms. The quantitative estimate of drug-likeness (QED) is 0.719. The number of hydrogen-bond donors (Lipinski definition) is 0. The van der Waals surface area contributed by atoms with Gasteiger partial charge in [0.1, 0.15) is 5.75 Å². The minimum atomic E-state index is 0.0507. The summed E-state index contributed by atoms with van der Waals surface area (Å²) in [7, 11) is 0. The van der Waals surface area contributed by atoms with Crippen molar-refractivity contribution in [2.45, 2.75) is 25.2 Å². The number of carbonyl (C=O) groups excluding carboxylic acids is 2. The fourth-order valence-corrected chi connectivity index (χ4v) is 4.11. The fourth-order valence-electron chi connectivity index (χ4n) is 3.91. The summed E-state index contributed by atoms with van der Waals surface area (Å²) in [6.07, 6.45) is 1.92. The highest BCUT2D eigenvalue weighted by atomic mass is 35.5. The number of fused-ring (bicyclic) bond motifs is 1.